The Bertz CT molecular complexity index is 1070. The molecule has 0 aliphatic rings. The van der Waals surface area contributed by atoms with Gasteiger partial charge >= 0.3 is 11.9 Å². The molecular weight excluding hydrogens is 395 g/mol. The van der Waals surface area contributed by atoms with Crippen molar-refractivity contribution in [2.45, 2.75) is 18.7 Å². The average molecular weight is 411 g/mol. The smallest absolute Gasteiger partial charge is 0.388 e. The molecule has 0 bridgehead atoms. The van der Waals surface area contributed by atoms with Gasteiger partial charge in [-0.3, -0.25) is 4.79 Å². The Morgan fingerprint density at radius 2 is 1.96 bits per heavy atom. The second kappa shape index (κ2) is 7.32. The highest BCUT2D eigenvalue weighted by Gasteiger charge is 2.36. The standard InChI is InChI=1S/C14H16F3N3O6S/c1-26-4-3-11(21)7-5-8-10(6-9(7)14(15,16)17)18-13(23)20(12(8)22)19-27(2,24)25/h5-6,11,19,21H,3-4H2,1-2H3,(H,18,23). The van der Waals surface area contributed by atoms with E-state index in [0.29, 0.717) is 12.3 Å². The van der Waals surface area contributed by atoms with Crippen molar-refractivity contribution in [1.82, 2.24) is 9.66 Å². The first-order valence-corrected chi connectivity index (χ1v) is 9.29. The second-order valence-electron chi connectivity index (χ2n) is 5.71. The van der Waals surface area contributed by atoms with Crippen molar-refractivity contribution in [3.63, 3.8) is 0 Å². The number of halogens is 3. The lowest BCUT2D eigenvalue weighted by Gasteiger charge is -2.18. The number of aromatic amines is 1. The molecule has 0 aliphatic carbocycles. The number of nitrogens with one attached hydrogen (secondary N) is 2. The molecule has 27 heavy (non-hydrogen) atoms. The molecule has 0 fully saturated rings. The van der Waals surface area contributed by atoms with Crippen LogP contribution in [-0.2, 0) is 20.9 Å². The number of nitrogens with zero attached hydrogens (tertiary/aromatic N) is 1. The number of alkyl halides is 3. The maximum atomic E-state index is 13.4. The van der Waals surface area contributed by atoms with Crippen LogP contribution < -0.4 is 16.1 Å². The molecule has 0 saturated heterocycles. The van der Waals surface area contributed by atoms with Crippen LogP contribution in [-0.4, -0.2) is 43.2 Å². The number of H-pyrrole nitrogens is 1. The van der Waals surface area contributed by atoms with Crippen molar-refractivity contribution >= 4 is 20.9 Å². The largest absolute Gasteiger partial charge is 0.416 e. The number of ether oxygens (including phenoxy) is 1. The van der Waals surface area contributed by atoms with Crippen LogP contribution in [0.4, 0.5) is 13.2 Å². The van der Waals surface area contributed by atoms with Gasteiger partial charge in [-0.2, -0.15) is 17.8 Å². The summed E-state index contributed by atoms with van der Waals surface area (Å²) in [5.41, 5.74) is -4.73. The molecule has 0 spiro atoms. The Morgan fingerprint density at radius 1 is 1.33 bits per heavy atom. The zero-order valence-electron chi connectivity index (χ0n) is 14.1. The highest BCUT2D eigenvalue weighted by Crippen LogP contribution is 2.37. The topological polar surface area (TPSA) is 130 Å². The highest BCUT2D eigenvalue weighted by molar-refractivity contribution is 7.91. The normalized spacial score (nSPS) is 13.7. The van der Waals surface area contributed by atoms with E-state index in [4.69, 9.17) is 4.74 Å². The van der Waals surface area contributed by atoms with Gasteiger partial charge in [0.2, 0.25) is 10.0 Å². The van der Waals surface area contributed by atoms with Crippen molar-refractivity contribution in [3.05, 3.63) is 44.1 Å². The molecule has 0 aliphatic heterocycles. The number of benzene rings is 1. The second-order valence-corrected chi connectivity index (χ2v) is 7.44. The third-order valence-corrected chi connectivity index (χ3v) is 4.10. The first-order chi connectivity index (χ1) is 12.3. The summed E-state index contributed by atoms with van der Waals surface area (Å²) in [5, 5.41) is 9.67. The Labute approximate surface area is 150 Å². The minimum absolute atomic E-state index is 0.0397. The Morgan fingerprint density at radius 3 is 2.48 bits per heavy atom. The van der Waals surface area contributed by atoms with Gasteiger partial charge in [0.05, 0.1) is 28.8 Å². The summed E-state index contributed by atoms with van der Waals surface area (Å²) < 4.78 is 67.5. The highest BCUT2D eigenvalue weighted by atomic mass is 32.2. The lowest BCUT2D eigenvalue weighted by Crippen LogP contribution is -2.43. The van der Waals surface area contributed by atoms with Crippen molar-refractivity contribution in [2.75, 3.05) is 24.8 Å². The molecule has 0 radical (unpaired) electrons. The molecule has 2 rings (SSSR count). The zero-order valence-corrected chi connectivity index (χ0v) is 14.9. The van der Waals surface area contributed by atoms with Crippen LogP contribution in [0.3, 0.4) is 0 Å². The number of hydrogen-bond acceptors (Lipinski definition) is 6. The van der Waals surface area contributed by atoms with E-state index in [-0.39, 0.29) is 17.7 Å². The monoisotopic (exact) mass is 411 g/mol. The van der Waals surface area contributed by atoms with E-state index in [1.165, 1.54) is 7.11 Å². The van der Waals surface area contributed by atoms with Gasteiger partial charge in [-0.05, 0) is 17.7 Å². The minimum Gasteiger partial charge on any atom is -0.388 e. The van der Waals surface area contributed by atoms with Crippen LogP contribution in [0.1, 0.15) is 23.7 Å². The number of sulfonamides is 1. The fourth-order valence-electron chi connectivity index (χ4n) is 2.44. The van der Waals surface area contributed by atoms with Crippen LogP contribution >= 0.6 is 0 Å². The molecule has 1 heterocycles. The number of aliphatic hydroxyl groups is 1. The lowest BCUT2D eigenvalue weighted by molar-refractivity contribution is -0.139. The van der Waals surface area contributed by atoms with E-state index in [9.17, 15) is 36.3 Å². The maximum Gasteiger partial charge on any atom is 0.416 e. The zero-order chi connectivity index (χ0) is 20.6. The van der Waals surface area contributed by atoms with E-state index in [1.54, 1.807) is 4.83 Å². The van der Waals surface area contributed by atoms with Crippen molar-refractivity contribution < 1.29 is 31.4 Å². The van der Waals surface area contributed by atoms with E-state index >= 15 is 0 Å². The number of aromatic nitrogens is 2. The number of aliphatic hydroxyl groups excluding tert-OH is 1. The summed E-state index contributed by atoms with van der Waals surface area (Å²) in [7, 11) is -2.71. The van der Waals surface area contributed by atoms with Gasteiger partial charge in [-0.1, -0.05) is 0 Å². The molecule has 3 N–H and O–H groups in total. The molecule has 13 heteroatoms. The molecule has 0 saturated carbocycles. The number of hydrogen-bond donors (Lipinski definition) is 3. The number of fused-ring (bicyclic) bond motifs is 1. The first-order valence-electron chi connectivity index (χ1n) is 7.40. The van der Waals surface area contributed by atoms with E-state index in [2.05, 4.69) is 0 Å². The third-order valence-electron chi connectivity index (χ3n) is 3.58. The Hall–Kier alpha value is -2.38. The molecule has 1 unspecified atom stereocenters. The van der Waals surface area contributed by atoms with Crippen LogP contribution in [0.2, 0.25) is 0 Å². The van der Waals surface area contributed by atoms with Crippen LogP contribution in [0.15, 0.2) is 21.7 Å². The van der Waals surface area contributed by atoms with Gasteiger partial charge in [-0.25, -0.2) is 18.0 Å². The molecule has 1 atom stereocenters. The Balaban J connectivity index is 2.80. The van der Waals surface area contributed by atoms with Gasteiger partial charge in [0.25, 0.3) is 5.56 Å². The van der Waals surface area contributed by atoms with E-state index < -0.39 is 55.6 Å². The summed E-state index contributed by atoms with van der Waals surface area (Å²) in [6, 6.07) is 1.30. The third kappa shape index (κ3) is 4.67. The van der Waals surface area contributed by atoms with Gasteiger partial charge in [0.15, 0.2) is 0 Å². The SMILES string of the molecule is COCCC(O)c1cc2c(=O)n(NS(C)(=O)=O)c(=O)[nH]c2cc1C(F)(F)F. The van der Waals surface area contributed by atoms with Crippen LogP contribution in [0.25, 0.3) is 10.9 Å². The molecule has 0 amide bonds. The summed E-state index contributed by atoms with van der Waals surface area (Å²) in [6.07, 6.45) is -5.96. The summed E-state index contributed by atoms with van der Waals surface area (Å²) in [4.78, 5) is 28.0. The average Bonchev–Trinajstić information content (AvgIpc) is 2.53. The summed E-state index contributed by atoms with van der Waals surface area (Å²) >= 11 is 0. The molecule has 1 aromatic carbocycles. The Kier molecular flexibility index (Phi) is 5.68. The number of methoxy groups -OCH3 is 1. The van der Waals surface area contributed by atoms with Crippen molar-refractivity contribution in [1.29, 1.82) is 0 Å². The molecule has 1 aromatic heterocycles. The van der Waals surface area contributed by atoms with Crippen molar-refractivity contribution in [3.8, 4) is 0 Å². The molecule has 9 nitrogen and oxygen atoms in total. The van der Waals surface area contributed by atoms with Gasteiger partial charge < -0.3 is 14.8 Å². The van der Waals surface area contributed by atoms with E-state index in [0.717, 1.165) is 6.07 Å². The van der Waals surface area contributed by atoms with Gasteiger partial charge in [0, 0.05) is 20.1 Å². The first kappa shape index (κ1) is 20.9. The van der Waals surface area contributed by atoms with Crippen LogP contribution in [0, 0.1) is 0 Å². The molecular formula is C14H16F3N3O6S. The quantitative estimate of drug-likeness (QED) is 0.626. The van der Waals surface area contributed by atoms with Gasteiger partial charge in [0.1, 0.15) is 0 Å². The summed E-state index contributed by atoms with van der Waals surface area (Å²) in [5.74, 6) is 0. The number of rotatable bonds is 6. The fraction of sp³-hybridized carbons (Fsp3) is 0.429. The maximum absolute atomic E-state index is 13.4. The minimum atomic E-state index is -4.87. The van der Waals surface area contributed by atoms with Crippen LogP contribution in [0.5, 0.6) is 0 Å². The predicted molar refractivity (Wildman–Crippen MR) is 89.5 cm³/mol. The van der Waals surface area contributed by atoms with Crippen molar-refractivity contribution in [2.24, 2.45) is 0 Å². The predicted octanol–water partition coefficient (Wildman–Crippen LogP) is 0.282. The molecule has 2 aromatic rings. The molecule has 150 valence electrons. The van der Waals surface area contributed by atoms with E-state index in [1.807, 2.05) is 4.98 Å². The summed E-state index contributed by atoms with van der Waals surface area (Å²) in [6.45, 7) is -0.0397. The lowest BCUT2D eigenvalue weighted by atomic mass is 9.97. The van der Waals surface area contributed by atoms with Gasteiger partial charge in [-0.15, -0.1) is 0 Å². The fourth-order valence-corrected chi connectivity index (χ4v) is 2.93.